The number of hydrogen-bond donors (Lipinski definition) is 0. The van der Waals surface area contributed by atoms with Gasteiger partial charge in [-0.2, -0.15) is 0 Å². The van der Waals surface area contributed by atoms with Crippen molar-refractivity contribution in [3.63, 3.8) is 0 Å². The predicted octanol–water partition coefficient (Wildman–Crippen LogP) is 1.46. The van der Waals surface area contributed by atoms with Crippen LogP contribution < -0.4 is 0 Å². The quantitative estimate of drug-likeness (QED) is 0.617. The summed E-state index contributed by atoms with van der Waals surface area (Å²) in [5.74, 6) is 0.625. The highest BCUT2D eigenvalue weighted by Crippen LogP contribution is 2.00. The van der Waals surface area contributed by atoms with Gasteiger partial charge in [-0.3, -0.25) is 0 Å². The van der Waals surface area contributed by atoms with Crippen molar-refractivity contribution in [2.45, 2.75) is 19.9 Å². The molecule has 0 saturated heterocycles. The average molecular weight is 146 g/mol. The number of aryl methyl sites for hydroxylation is 1. The summed E-state index contributed by atoms with van der Waals surface area (Å²) in [6.45, 7) is 1.44. The molecule has 0 fully saturated rings. The molecule has 0 saturated carbocycles. The van der Waals surface area contributed by atoms with Crippen LogP contribution in [0.5, 0.6) is 0 Å². The van der Waals surface area contributed by atoms with E-state index in [1.54, 1.807) is 13.1 Å². The zero-order chi connectivity index (χ0) is 7.56. The second kappa shape index (κ2) is 2.77. The molecule has 4 heteroatoms. The van der Waals surface area contributed by atoms with Gasteiger partial charge in [0.05, 0.1) is 6.54 Å². The Labute approximate surface area is 57.5 Å². The maximum atomic E-state index is 11.7. The van der Waals surface area contributed by atoms with Crippen LogP contribution in [-0.2, 0) is 6.54 Å². The van der Waals surface area contributed by atoms with E-state index in [-0.39, 0.29) is 6.54 Å². The van der Waals surface area contributed by atoms with Crippen molar-refractivity contribution in [3.05, 3.63) is 18.2 Å². The van der Waals surface area contributed by atoms with E-state index in [1.165, 1.54) is 10.8 Å². The highest BCUT2D eigenvalue weighted by molar-refractivity contribution is 4.88. The molecule has 0 radical (unpaired) electrons. The Bertz CT molecular complexity index is 207. The summed E-state index contributed by atoms with van der Waals surface area (Å²) < 4.78 is 24.9. The highest BCUT2D eigenvalue weighted by atomic mass is 19.3. The second-order valence-electron chi connectivity index (χ2n) is 2.02. The first-order valence-electron chi connectivity index (χ1n) is 2.96. The molecule has 2 nitrogen and oxygen atoms in total. The van der Waals surface area contributed by atoms with Crippen LogP contribution in [0.1, 0.15) is 5.82 Å². The molecule has 1 heterocycles. The van der Waals surface area contributed by atoms with Crippen molar-refractivity contribution in [1.29, 1.82) is 0 Å². The van der Waals surface area contributed by atoms with E-state index in [0.717, 1.165) is 0 Å². The standard InChI is InChI=1S/C6H8F2N2/c1-5-9-2-3-10(5)4-6(7)8/h2-3,6H,4H2,1H3. The second-order valence-corrected chi connectivity index (χ2v) is 2.02. The van der Waals surface area contributed by atoms with Gasteiger partial charge in [-0.1, -0.05) is 0 Å². The fourth-order valence-electron chi connectivity index (χ4n) is 0.745. The predicted molar refractivity (Wildman–Crippen MR) is 33.0 cm³/mol. The van der Waals surface area contributed by atoms with Crippen LogP contribution in [0, 0.1) is 6.92 Å². The minimum absolute atomic E-state index is 0.258. The molecule has 1 aromatic heterocycles. The lowest BCUT2D eigenvalue weighted by atomic mass is 10.6. The lowest BCUT2D eigenvalue weighted by molar-refractivity contribution is 0.125. The topological polar surface area (TPSA) is 17.8 Å². The number of halogens is 2. The number of imidazole rings is 1. The SMILES string of the molecule is Cc1nccn1CC(F)F. The van der Waals surface area contributed by atoms with Crippen molar-refractivity contribution >= 4 is 0 Å². The summed E-state index contributed by atoms with van der Waals surface area (Å²) in [7, 11) is 0. The average Bonchev–Trinajstić information content (AvgIpc) is 2.15. The summed E-state index contributed by atoms with van der Waals surface area (Å²) in [6.07, 6.45) is 0.757. The zero-order valence-corrected chi connectivity index (χ0v) is 5.59. The Morgan fingerprint density at radius 3 is 2.80 bits per heavy atom. The summed E-state index contributed by atoms with van der Waals surface area (Å²) in [5, 5.41) is 0. The van der Waals surface area contributed by atoms with Crippen LogP contribution in [0.4, 0.5) is 8.78 Å². The number of alkyl halides is 2. The zero-order valence-electron chi connectivity index (χ0n) is 5.59. The summed E-state index contributed by atoms with van der Waals surface area (Å²) in [4.78, 5) is 3.80. The molecule has 0 aromatic carbocycles. The molecule has 0 amide bonds. The molecule has 56 valence electrons. The summed E-state index contributed by atoms with van der Waals surface area (Å²) in [6, 6.07) is 0. The smallest absolute Gasteiger partial charge is 0.256 e. The van der Waals surface area contributed by atoms with E-state index >= 15 is 0 Å². The molecule has 0 N–H and O–H groups in total. The van der Waals surface area contributed by atoms with Crippen LogP contribution in [0.15, 0.2) is 12.4 Å². The largest absolute Gasteiger partial charge is 0.329 e. The Hall–Kier alpha value is -0.930. The van der Waals surface area contributed by atoms with Crippen LogP contribution >= 0.6 is 0 Å². The number of nitrogens with zero attached hydrogens (tertiary/aromatic N) is 2. The lowest BCUT2D eigenvalue weighted by Crippen LogP contribution is -2.06. The highest BCUT2D eigenvalue weighted by Gasteiger charge is 2.04. The van der Waals surface area contributed by atoms with E-state index in [9.17, 15) is 8.78 Å². The molecule has 1 aromatic rings. The van der Waals surface area contributed by atoms with E-state index in [2.05, 4.69) is 4.98 Å². The Morgan fingerprint density at radius 2 is 2.40 bits per heavy atom. The summed E-state index contributed by atoms with van der Waals surface area (Å²) in [5.41, 5.74) is 0. The van der Waals surface area contributed by atoms with Gasteiger partial charge in [0.1, 0.15) is 5.82 Å². The first-order chi connectivity index (χ1) is 4.70. The van der Waals surface area contributed by atoms with Gasteiger partial charge in [0.2, 0.25) is 0 Å². The number of aromatic nitrogens is 2. The van der Waals surface area contributed by atoms with E-state index in [0.29, 0.717) is 5.82 Å². The van der Waals surface area contributed by atoms with Gasteiger partial charge in [-0.25, -0.2) is 13.8 Å². The third kappa shape index (κ3) is 1.52. The normalized spacial score (nSPS) is 10.8. The Morgan fingerprint density at radius 1 is 1.70 bits per heavy atom. The van der Waals surface area contributed by atoms with Crippen molar-refractivity contribution < 1.29 is 8.78 Å². The van der Waals surface area contributed by atoms with Crippen molar-refractivity contribution in [1.82, 2.24) is 9.55 Å². The van der Waals surface area contributed by atoms with Gasteiger partial charge >= 0.3 is 0 Å². The molecule has 0 atom stereocenters. The van der Waals surface area contributed by atoms with Crippen molar-refractivity contribution in [3.8, 4) is 0 Å². The molecule has 0 spiro atoms. The van der Waals surface area contributed by atoms with Crippen LogP contribution in [0.2, 0.25) is 0 Å². The van der Waals surface area contributed by atoms with Gasteiger partial charge < -0.3 is 4.57 Å². The monoisotopic (exact) mass is 146 g/mol. The van der Waals surface area contributed by atoms with E-state index in [1.807, 2.05) is 0 Å². The maximum absolute atomic E-state index is 11.7. The first-order valence-corrected chi connectivity index (χ1v) is 2.96. The maximum Gasteiger partial charge on any atom is 0.256 e. The Kier molecular flexibility index (Phi) is 1.99. The van der Waals surface area contributed by atoms with Gasteiger partial charge in [-0.05, 0) is 6.92 Å². The summed E-state index contributed by atoms with van der Waals surface area (Å²) >= 11 is 0. The first kappa shape index (κ1) is 7.18. The molecule has 0 unspecified atom stereocenters. The van der Waals surface area contributed by atoms with Crippen LogP contribution in [0.25, 0.3) is 0 Å². The molecular formula is C6H8F2N2. The number of hydrogen-bond acceptors (Lipinski definition) is 1. The molecule has 0 aliphatic carbocycles. The fourth-order valence-corrected chi connectivity index (χ4v) is 0.745. The van der Waals surface area contributed by atoms with Crippen LogP contribution in [-0.4, -0.2) is 16.0 Å². The Balaban J connectivity index is 2.65. The van der Waals surface area contributed by atoms with E-state index in [4.69, 9.17) is 0 Å². The van der Waals surface area contributed by atoms with Gasteiger partial charge in [0.15, 0.2) is 0 Å². The fraction of sp³-hybridized carbons (Fsp3) is 0.500. The van der Waals surface area contributed by atoms with E-state index < -0.39 is 6.43 Å². The third-order valence-electron chi connectivity index (χ3n) is 1.26. The molecule has 0 aliphatic heterocycles. The van der Waals surface area contributed by atoms with Gasteiger partial charge in [-0.15, -0.1) is 0 Å². The molecule has 1 rings (SSSR count). The van der Waals surface area contributed by atoms with Gasteiger partial charge in [0.25, 0.3) is 6.43 Å². The third-order valence-corrected chi connectivity index (χ3v) is 1.26. The molecule has 0 bridgehead atoms. The van der Waals surface area contributed by atoms with Crippen molar-refractivity contribution in [2.24, 2.45) is 0 Å². The van der Waals surface area contributed by atoms with Gasteiger partial charge in [0, 0.05) is 12.4 Å². The molecule has 0 aliphatic rings. The number of rotatable bonds is 2. The molecular weight excluding hydrogens is 138 g/mol. The minimum Gasteiger partial charge on any atom is -0.329 e. The van der Waals surface area contributed by atoms with Crippen molar-refractivity contribution in [2.75, 3.05) is 0 Å². The van der Waals surface area contributed by atoms with Crippen LogP contribution in [0.3, 0.4) is 0 Å². The minimum atomic E-state index is -2.30. The lowest BCUT2D eigenvalue weighted by Gasteiger charge is -2.01. The molecule has 10 heavy (non-hydrogen) atoms.